The van der Waals surface area contributed by atoms with Gasteiger partial charge >= 0.3 is 0 Å². The Bertz CT molecular complexity index is 1040. The monoisotopic (exact) mass is 410 g/mol. The zero-order valence-electron chi connectivity index (χ0n) is 17.1. The normalized spacial score (nSPS) is 27.5. The predicted octanol–water partition coefficient (Wildman–Crippen LogP) is 2.23. The smallest absolute Gasteiger partial charge is 0.271 e. The van der Waals surface area contributed by atoms with Gasteiger partial charge < -0.3 is 0 Å². The van der Waals surface area contributed by atoms with E-state index in [4.69, 9.17) is 0 Å². The van der Waals surface area contributed by atoms with Crippen LogP contribution < -0.4 is 4.90 Å². The van der Waals surface area contributed by atoms with Gasteiger partial charge in [-0.05, 0) is 18.6 Å². The lowest BCUT2D eigenvalue weighted by atomic mass is 9.80. The highest BCUT2D eigenvalue weighted by Crippen LogP contribution is 2.47. The molecule has 156 valence electrons. The molecule has 0 N–H and O–H groups in total. The van der Waals surface area contributed by atoms with Crippen LogP contribution in [0.3, 0.4) is 0 Å². The second-order valence-corrected chi connectivity index (χ2v) is 8.87. The Balaban J connectivity index is 1.82. The van der Waals surface area contributed by atoms with Gasteiger partial charge in [0, 0.05) is 23.8 Å². The number of carbonyl (C=O) groups excluding carboxylic acids is 3. The van der Waals surface area contributed by atoms with E-state index in [-0.39, 0.29) is 17.2 Å². The summed E-state index contributed by atoms with van der Waals surface area (Å²) in [6.07, 6.45) is 5.01. The van der Waals surface area contributed by atoms with Gasteiger partial charge in [0.1, 0.15) is 6.04 Å². The Morgan fingerprint density at radius 3 is 2.47 bits per heavy atom. The molecule has 30 heavy (non-hydrogen) atoms. The minimum absolute atomic E-state index is 0.175. The fourth-order valence-electron chi connectivity index (χ4n) is 4.47. The molecule has 0 aromatic heterocycles. The molecule has 3 aliphatic heterocycles. The minimum atomic E-state index is -0.896. The van der Waals surface area contributed by atoms with Gasteiger partial charge in [-0.2, -0.15) is 5.10 Å². The van der Waals surface area contributed by atoms with Crippen molar-refractivity contribution in [1.82, 2.24) is 5.01 Å². The van der Waals surface area contributed by atoms with Crippen molar-refractivity contribution in [2.75, 3.05) is 4.90 Å². The van der Waals surface area contributed by atoms with E-state index in [1.807, 2.05) is 0 Å². The Kier molecular flexibility index (Phi) is 4.37. The summed E-state index contributed by atoms with van der Waals surface area (Å²) >= 11 is 0. The van der Waals surface area contributed by atoms with Gasteiger partial charge in [0.05, 0.1) is 28.5 Å². The van der Waals surface area contributed by atoms with Crippen LogP contribution in [-0.4, -0.2) is 45.8 Å². The van der Waals surface area contributed by atoms with Crippen LogP contribution in [-0.2, 0) is 14.4 Å². The fourth-order valence-corrected chi connectivity index (χ4v) is 4.47. The molecule has 0 saturated carbocycles. The van der Waals surface area contributed by atoms with E-state index >= 15 is 0 Å². The zero-order chi connectivity index (χ0) is 22.0. The number of carbonyl (C=O) groups is 3. The summed E-state index contributed by atoms with van der Waals surface area (Å²) in [5, 5.41) is 17.1. The number of fused-ring (bicyclic) bond motifs is 3. The van der Waals surface area contributed by atoms with Gasteiger partial charge in [0.2, 0.25) is 11.8 Å². The Labute approximate surface area is 173 Å². The quantitative estimate of drug-likeness (QED) is 0.429. The molecule has 0 radical (unpaired) electrons. The maximum atomic E-state index is 13.5. The fraction of sp³-hybridized carbons (Fsp3) is 0.429. The molecule has 9 nitrogen and oxygen atoms in total. The molecule has 0 bridgehead atoms. The lowest BCUT2D eigenvalue weighted by molar-refractivity contribution is -0.384. The number of Topliss-reactive ketones (excluding diaryl/α,β-unsaturated/α-hetero) is 1. The van der Waals surface area contributed by atoms with Gasteiger partial charge in [0.25, 0.3) is 5.69 Å². The third-order valence-corrected chi connectivity index (χ3v) is 5.94. The van der Waals surface area contributed by atoms with Gasteiger partial charge in [-0.3, -0.25) is 29.5 Å². The molecule has 0 unspecified atom stereocenters. The number of hydrogen-bond acceptors (Lipinski definition) is 7. The third kappa shape index (κ3) is 2.76. The Morgan fingerprint density at radius 1 is 1.17 bits per heavy atom. The van der Waals surface area contributed by atoms with Crippen LogP contribution in [0.4, 0.5) is 11.4 Å². The number of imide groups is 1. The van der Waals surface area contributed by atoms with Crippen LogP contribution in [0, 0.1) is 34.3 Å². The summed E-state index contributed by atoms with van der Waals surface area (Å²) in [5.41, 5.74) is -0.196. The number of anilines is 1. The van der Waals surface area contributed by atoms with E-state index in [1.165, 1.54) is 24.4 Å². The van der Waals surface area contributed by atoms with Crippen LogP contribution in [0.2, 0.25) is 0 Å². The molecule has 9 heteroatoms. The molecule has 4 rings (SSSR count). The molecule has 3 aliphatic rings. The number of nitro groups is 1. The first-order valence-electron chi connectivity index (χ1n) is 9.70. The summed E-state index contributed by atoms with van der Waals surface area (Å²) < 4.78 is 0. The van der Waals surface area contributed by atoms with Gasteiger partial charge in [-0.15, -0.1) is 0 Å². The highest BCUT2D eigenvalue weighted by atomic mass is 16.6. The molecule has 2 saturated heterocycles. The molecular formula is C21H22N4O5. The number of benzene rings is 1. The highest BCUT2D eigenvalue weighted by molar-refractivity contribution is 6.24. The summed E-state index contributed by atoms with van der Waals surface area (Å²) in [6.45, 7) is 6.99. The average molecular weight is 410 g/mol. The molecule has 1 aromatic carbocycles. The van der Waals surface area contributed by atoms with Crippen LogP contribution in [0.15, 0.2) is 35.5 Å². The van der Waals surface area contributed by atoms with E-state index in [2.05, 4.69) is 5.10 Å². The standard InChI is InChI=1S/C21H22N4O5/c1-11-7-8-12(25(29)30)10-14(11)23-19(27)15-13-6-5-9-22-24(13)17(16(15)20(23)28)18(26)21(2,3)4/h5-10,13,15-17H,1-4H3/t13-,15-,16+,17-/m0/s1. The number of rotatable bonds is 3. The molecule has 0 aliphatic carbocycles. The van der Waals surface area contributed by atoms with E-state index < -0.39 is 46.1 Å². The third-order valence-electron chi connectivity index (χ3n) is 5.94. The zero-order valence-corrected chi connectivity index (χ0v) is 17.1. The molecular weight excluding hydrogens is 388 g/mol. The Morgan fingerprint density at radius 2 is 1.83 bits per heavy atom. The first kappa shape index (κ1) is 19.9. The van der Waals surface area contributed by atoms with Crippen molar-refractivity contribution in [3.8, 4) is 0 Å². The van der Waals surface area contributed by atoms with Crippen LogP contribution in [0.25, 0.3) is 0 Å². The van der Waals surface area contributed by atoms with Crippen LogP contribution in [0.1, 0.15) is 26.3 Å². The summed E-state index contributed by atoms with van der Waals surface area (Å²) in [5.74, 6) is -2.83. The van der Waals surface area contributed by atoms with Crippen molar-refractivity contribution in [3.05, 3.63) is 46.0 Å². The lowest BCUT2D eigenvalue weighted by Crippen LogP contribution is -2.49. The van der Waals surface area contributed by atoms with E-state index in [0.717, 1.165) is 4.90 Å². The van der Waals surface area contributed by atoms with E-state index in [9.17, 15) is 24.5 Å². The van der Waals surface area contributed by atoms with Crippen LogP contribution >= 0.6 is 0 Å². The number of nitro benzene ring substituents is 1. The molecule has 4 atom stereocenters. The van der Waals surface area contributed by atoms with Crippen molar-refractivity contribution >= 4 is 35.2 Å². The van der Waals surface area contributed by atoms with Crippen molar-refractivity contribution < 1.29 is 19.3 Å². The summed E-state index contributed by atoms with van der Waals surface area (Å²) in [4.78, 5) is 51.8. The van der Waals surface area contributed by atoms with E-state index in [0.29, 0.717) is 5.56 Å². The summed E-state index contributed by atoms with van der Waals surface area (Å²) in [7, 11) is 0. The number of amides is 2. The molecule has 2 fully saturated rings. The maximum Gasteiger partial charge on any atom is 0.271 e. The van der Waals surface area contributed by atoms with Crippen molar-refractivity contribution in [2.45, 2.75) is 39.8 Å². The predicted molar refractivity (Wildman–Crippen MR) is 109 cm³/mol. The molecule has 3 heterocycles. The minimum Gasteiger partial charge on any atom is -0.297 e. The van der Waals surface area contributed by atoms with Crippen molar-refractivity contribution in [1.29, 1.82) is 0 Å². The number of allylic oxidation sites excluding steroid dienone is 1. The number of hydrazone groups is 1. The second-order valence-electron chi connectivity index (χ2n) is 8.87. The number of aryl methyl sites for hydroxylation is 1. The van der Waals surface area contributed by atoms with Crippen LogP contribution in [0.5, 0.6) is 0 Å². The Hall–Kier alpha value is -3.36. The molecule has 1 aromatic rings. The molecule has 0 spiro atoms. The number of ketones is 1. The molecule has 2 amide bonds. The maximum absolute atomic E-state index is 13.5. The number of nitrogens with zero attached hydrogens (tertiary/aromatic N) is 4. The SMILES string of the molecule is Cc1ccc([N+](=O)[O-])cc1N1C(=O)[C@@H]2[C@@H](C1=O)[C@@H]1C=CC=NN1[C@@H]2C(=O)C(C)(C)C. The second kappa shape index (κ2) is 6.58. The van der Waals surface area contributed by atoms with Gasteiger partial charge in [-0.25, -0.2) is 4.90 Å². The lowest BCUT2D eigenvalue weighted by Gasteiger charge is -2.33. The largest absolute Gasteiger partial charge is 0.297 e. The first-order valence-corrected chi connectivity index (χ1v) is 9.70. The topological polar surface area (TPSA) is 113 Å². The highest BCUT2D eigenvalue weighted by Gasteiger charge is 2.65. The average Bonchev–Trinajstić information content (AvgIpc) is 3.14. The first-order chi connectivity index (χ1) is 14.0. The van der Waals surface area contributed by atoms with Crippen molar-refractivity contribution in [3.63, 3.8) is 0 Å². The number of non-ortho nitro benzene ring substituents is 1. The van der Waals surface area contributed by atoms with E-state index in [1.54, 1.807) is 44.9 Å². The number of hydrogen-bond donors (Lipinski definition) is 0. The van der Waals surface area contributed by atoms with Gasteiger partial charge in [-0.1, -0.05) is 32.9 Å². The van der Waals surface area contributed by atoms with Gasteiger partial charge in [0.15, 0.2) is 5.78 Å². The van der Waals surface area contributed by atoms with Crippen molar-refractivity contribution in [2.24, 2.45) is 22.4 Å². The summed E-state index contributed by atoms with van der Waals surface area (Å²) in [6, 6.07) is 2.69.